The maximum atomic E-state index is 12.1. The van der Waals surface area contributed by atoms with Crippen LogP contribution in [-0.4, -0.2) is 20.4 Å². The van der Waals surface area contributed by atoms with Gasteiger partial charge in [0.25, 0.3) is 0 Å². The van der Waals surface area contributed by atoms with Gasteiger partial charge in [0.2, 0.25) is 15.9 Å². The van der Waals surface area contributed by atoms with Crippen molar-refractivity contribution in [2.45, 2.75) is 24.8 Å². The third-order valence-electron chi connectivity index (χ3n) is 3.06. The molecule has 0 heterocycles. The fourth-order valence-corrected chi connectivity index (χ4v) is 3.39. The first-order valence-corrected chi connectivity index (χ1v) is 8.31. The van der Waals surface area contributed by atoms with Crippen LogP contribution in [0, 0.1) is 0 Å². The number of benzene rings is 2. The Balaban J connectivity index is 2.40. The Morgan fingerprint density at radius 3 is 2.18 bits per heavy atom. The number of carbonyl (C=O) groups excluding carboxylic acids is 1. The van der Waals surface area contributed by atoms with Gasteiger partial charge in [-0.2, -0.15) is 0 Å². The first-order chi connectivity index (χ1) is 10.3. The number of rotatable bonds is 5. The molecule has 0 aliphatic carbocycles. The number of hydrogen-bond acceptors (Lipinski definition) is 3. The van der Waals surface area contributed by atoms with Gasteiger partial charge < -0.3 is 5.73 Å². The number of sulfonamides is 1. The molecule has 0 unspecified atom stereocenters. The number of carbonyl (C=O) groups is 1. The Labute approximate surface area is 130 Å². The summed E-state index contributed by atoms with van der Waals surface area (Å²) >= 11 is 0. The van der Waals surface area contributed by atoms with E-state index < -0.39 is 15.9 Å². The van der Waals surface area contributed by atoms with Crippen molar-refractivity contribution in [3.63, 3.8) is 0 Å². The molecule has 0 aromatic heterocycles. The molecule has 0 fully saturated rings. The molecule has 116 valence electrons. The van der Waals surface area contributed by atoms with E-state index in [1.165, 1.54) is 12.1 Å². The number of nitrogens with one attached hydrogen (secondary N) is 1. The molecule has 0 aliphatic rings. The van der Waals surface area contributed by atoms with E-state index in [9.17, 15) is 13.2 Å². The average Bonchev–Trinajstić information content (AvgIpc) is 2.46. The summed E-state index contributed by atoms with van der Waals surface area (Å²) in [4.78, 5) is 11.6. The molecule has 2 aromatic rings. The minimum atomic E-state index is -3.53. The molecule has 0 saturated carbocycles. The predicted molar refractivity (Wildman–Crippen MR) is 85.9 cm³/mol. The molecular formula is C16H18N2O3S. The van der Waals surface area contributed by atoms with Crippen molar-refractivity contribution < 1.29 is 13.2 Å². The van der Waals surface area contributed by atoms with Crippen LogP contribution in [0.4, 0.5) is 0 Å². The Morgan fingerprint density at radius 2 is 1.64 bits per heavy atom. The van der Waals surface area contributed by atoms with E-state index in [-0.39, 0.29) is 10.9 Å². The van der Waals surface area contributed by atoms with Gasteiger partial charge in [0, 0.05) is 11.6 Å². The summed E-state index contributed by atoms with van der Waals surface area (Å²) in [5, 5.41) is 0. The normalized spacial score (nSPS) is 11.6. The summed E-state index contributed by atoms with van der Waals surface area (Å²) in [5.41, 5.74) is 7.17. The number of nitrogens with two attached hydrogens (primary N) is 1. The van der Waals surface area contributed by atoms with Gasteiger partial charge in [-0.1, -0.05) is 30.3 Å². The van der Waals surface area contributed by atoms with Gasteiger partial charge in [-0.25, -0.2) is 13.1 Å². The van der Waals surface area contributed by atoms with Crippen LogP contribution < -0.4 is 10.5 Å². The largest absolute Gasteiger partial charge is 0.366 e. The van der Waals surface area contributed by atoms with Crippen LogP contribution in [0.25, 0.3) is 11.1 Å². The molecule has 5 nitrogen and oxygen atoms in total. The lowest BCUT2D eigenvalue weighted by atomic mass is 9.99. The zero-order valence-corrected chi connectivity index (χ0v) is 13.2. The van der Waals surface area contributed by atoms with E-state index >= 15 is 0 Å². The van der Waals surface area contributed by atoms with Crippen LogP contribution >= 0.6 is 0 Å². The maximum absolute atomic E-state index is 12.1. The van der Waals surface area contributed by atoms with E-state index in [0.717, 1.165) is 5.56 Å². The molecule has 0 aliphatic heterocycles. The Kier molecular flexibility index (Phi) is 4.63. The van der Waals surface area contributed by atoms with Crippen LogP contribution in [0.1, 0.15) is 24.2 Å². The van der Waals surface area contributed by atoms with Gasteiger partial charge in [0.15, 0.2) is 0 Å². The van der Waals surface area contributed by atoms with E-state index in [1.54, 1.807) is 50.2 Å². The first-order valence-electron chi connectivity index (χ1n) is 6.83. The number of primary amides is 1. The maximum Gasteiger partial charge on any atom is 0.249 e. The highest BCUT2D eigenvalue weighted by atomic mass is 32.2. The van der Waals surface area contributed by atoms with E-state index in [0.29, 0.717) is 11.1 Å². The number of amides is 1. The van der Waals surface area contributed by atoms with Crippen molar-refractivity contribution in [2.75, 3.05) is 0 Å². The summed E-state index contributed by atoms with van der Waals surface area (Å²) in [6.45, 7) is 3.52. The lowest BCUT2D eigenvalue weighted by Gasteiger charge is -2.11. The fraction of sp³-hybridized carbons (Fsp3) is 0.188. The Hall–Kier alpha value is -2.18. The third kappa shape index (κ3) is 3.52. The molecule has 0 spiro atoms. The molecule has 22 heavy (non-hydrogen) atoms. The molecule has 2 aromatic carbocycles. The van der Waals surface area contributed by atoms with Crippen molar-refractivity contribution in [1.82, 2.24) is 4.72 Å². The smallest absolute Gasteiger partial charge is 0.249 e. The zero-order valence-electron chi connectivity index (χ0n) is 12.4. The van der Waals surface area contributed by atoms with Crippen molar-refractivity contribution >= 4 is 15.9 Å². The topological polar surface area (TPSA) is 89.3 Å². The minimum absolute atomic E-state index is 0.180. The summed E-state index contributed by atoms with van der Waals surface area (Å²) in [6, 6.07) is 13.1. The number of hydrogen-bond donors (Lipinski definition) is 2. The average molecular weight is 318 g/mol. The van der Waals surface area contributed by atoms with Gasteiger partial charge in [0.05, 0.1) is 4.90 Å². The lowest BCUT2D eigenvalue weighted by molar-refractivity contribution is 0.100. The van der Waals surface area contributed by atoms with Crippen LogP contribution in [0.3, 0.4) is 0 Å². The highest BCUT2D eigenvalue weighted by Gasteiger charge is 2.16. The van der Waals surface area contributed by atoms with Crippen LogP contribution in [0.2, 0.25) is 0 Å². The molecule has 1 amide bonds. The van der Waals surface area contributed by atoms with E-state index in [1.807, 2.05) is 0 Å². The van der Waals surface area contributed by atoms with Crippen LogP contribution in [-0.2, 0) is 10.0 Å². The quantitative estimate of drug-likeness (QED) is 0.885. The monoisotopic (exact) mass is 318 g/mol. The van der Waals surface area contributed by atoms with Gasteiger partial charge in [-0.3, -0.25) is 4.79 Å². The van der Waals surface area contributed by atoms with E-state index in [4.69, 9.17) is 5.73 Å². The van der Waals surface area contributed by atoms with Crippen molar-refractivity contribution in [2.24, 2.45) is 5.73 Å². The first kappa shape index (κ1) is 16.2. The van der Waals surface area contributed by atoms with Gasteiger partial charge in [-0.15, -0.1) is 0 Å². The summed E-state index contributed by atoms with van der Waals surface area (Å²) in [6.07, 6.45) is 0. The molecule has 0 radical (unpaired) electrons. The minimum Gasteiger partial charge on any atom is -0.366 e. The van der Waals surface area contributed by atoms with Gasteiger partial charge >= 0.3 is 0 Å². The van der Waals surface area contributed by atoms with Crippen molar-refractivity contribution in [1.29, 1.82) is 0 Å². The fourth-order valence-electron chi connectivity index (χ4n) is 2.14. The van der Waals surface area contributed by atoms with Crippen molar-refractivity contribution in [3.8, 4) is 11.1 Å². The second-order valence-corrected chi connectivity index (χ2v) is 6.92. The summed E-state index contributed by atoms with van der Waals surface area (Å²) < 4.78 is 26.7. The summed E-state index contributed by atoms with van der Waals surface area (Å²) in [7, 11) is -3.53. The Bertz CT molecular complexity index is 781. The molecule has 6 heteroatoms. The molecular weight excluding hydrogens is 300 g/mol. The van der Waals surface area contributed by atoms with Crippen molar-refractivity contribution in [3.05, 3.63) is 54.1 Å². The molecule has 0 bridgehead atoms. The predicted octanol–water partition coefficient (Wildman–Crippen LogP) is 2.14. The Morgan fingerprint density at radius 1 is 1.05 bits per heavy atom. The summed E-state index contributed by atoms with van der Waals surface area (Å²) in [5.74, 6) is -0.520. The second-order valence-electron chi connectivity index (χ2n) is 5.21. The van der Waals surface area contributed by atoms with Crippen LogP contribution in [0.5, 0.6) is 0 Å². The van der Waals surface area contributed by atoms with E-state index in [2.05, 4.69) is 4.72 Å². The SMILES string of the molecule is CC(C)NS(=O)(=O)c1ccc(-c2ccccc2C(N)=O)cc1. The zero-order chi connectivity index (χ0) is 16.3. The lowest BCUT2D eigenvalue weighted by Crippen LogP contribution is -2.30. The van der Waals surface area contributed by atoms with Gasteiger partial charge in [-0.05, 0) is 43.2 Å². The molecule has 2 rings (SSSR count). The highest BCUT2D eigenvalue weighted by molar-refractivity contribution is 7.89. The van der Waals surface area contributed by atoms with Gasteiger partial charge in [0.1, 0.15) is 0 Å². The standard InChI is InChI=1S/C16H18N2O3S/c1-11(2)18-22(20,21)13-9-7-12(8-10-13)14-5-3-4-6-15(14)16(17)19/h3-11,18H,1-2H3,(H2,17,19). The third-order valence-corrected chi connectivity index (χ3v) is 4.73. The molecule has 3 N–H and O–H groups in total. The highest BCUT2D eigenvalue weighted by Crippen LogP contribution is 2.24. The second kappa shape index (κ2) is 6.29. The molecule has 0 atom stereocenters. The molecule has 0 saturated heterocycles. The van der Waals surface area contributed by atoms with Crippen LogP contribution in [0.15, 0.2) is 53.4 Å².